The van der Waals surface area contributed by atoms with Crippen LogP contribution in [0.1, 0.15) is 20.8 Å². The molecular formula is C9H13NO5S. The highest BCUT2D eigenvalue weighted by Gasteiger charge is 2.70. The molecule has 6 nitrogen and oxygen atoms in total. The van der Waals surface area contributed by atoms with Crippen LogP contribution in [0.15, 0.2) is 0 Å². The van der Waals surface area contributed by atoms with Crippen molar-refractivity contribution in [1.29, 1.82) is 0 Å². The lowest BCUT2D eigenvalue weighted by molar-refractivity contribution is -0.162. The van der Waals surface area contributed by atoms with E-state index < -0.39 is 43.8 Å². The maximum Gasteiger partial charge on any atom is 0.328 e. The summed E-state index contributed by atoms with van der Waals surface area (Å²) in [5.41, 5.74) is 0. The van der Waals surface area contributed by atoms with Gasteiger partial charge in [0.05, 0.1) is 10.7 Å². The molecule has 0 aliphatic carbocycles. The zero-order valence-corrected chi connectivity index (χ0v) is 9.98. The smallest absolute Gasteiger partial charge is 0.328 e. The van der Waals surface area contributed by atoms with E-state index >= 15 is 0 Å². The largest absolute Gasteiger partial charge is 0.480 e. The minimum absolute atomic E-state index is 0.397. The van der Waals surface area contributed by atoms with Crippen LogP contribution in [0.5, 0.6) is 0 Å². The lowest BCUT2D eigenvalue weighted by Gasteiger charge is -2.40. The fourth-order valence-corrected chi connectivity index (χ4v) is 4.88. The standard InChI is InChI=1S/C9H13NO5S/c1-4-6(11)10-5(8(12)13)9(2,3)16(14,15)7(4)10/h4-5,7H,1-3H3,(H,12,13)/t4-,5+,7-/m1/s1. The molecule has 0 spiro atoms. The molecule has 1 N–H and O–H groups in total. The second-order valence-corrected chi connectivity index (χ2v) is 7.44. The Morgan fingerprint density at radius 2 is 1.94 bits per heavy atom. The third-order valence-electron chi connectivity index (χ3n) is 3.57. The maximum absolute atomic E-state index is 12.1. The van der Waals surface area contributed by atoms with E-state index in [1.807, 2.05) is 0 Å². The molecule has 0 radical (unpaired) electrons. The van der Waals surface area contributed by atoms with E-state index in [1.54, 1.807) is 0 Å². The van der Waals surface area contributed by atoms with Crippen LogP contribution in [0.25, 0.3) is 0 Å². The molecule has 0 aromatic rings. The first-order valence-electron chi connectivity index (χ1n) is 4.92. The number of carbonyl (C=O) groups is 2. The number of carboxylic acids is 1. The van der Waals surface area contributed by atoms with E-state index in [0.717, 1.165) is 4.90 Å². The summed E-state index contributed by atoms with van der Waals surface area (Å²) in [5.74, 6) is -2.29. The van der Waals surface area contributed by atoms with Crippen LogP contribution in [-0.2, 0) is 19.4 Å². The van der Waals surface area contributed by atoms with Gasteiger partial charge in [0, 0.05) is 0 Å². The molecule has 7 heteroatoms. The lowest BCUT2D eigenvalue weighted by Crippen LogP contribution is -2.62. The van der Waals surface area contributed by atoms with Crippen LogP contribution in [0.4, 0.5) is 0 Å². The highest BCUT2D eigenvalue weighted by molar-refractivity contribution is 7.93. The van der Waals surface area contributed by atoms with E-state index in [2.05, 4.69) is 0 Å². The van der Waals surface area contributed by atoms with Gasteiger partial charge in [-0.25, -0.2) is 13.2 Å². The predicted molar refractivity (Wildman–Crippen MR) is 54.2 cm³/mol. The second-order valence-electron chi connectivity index (χ2n) is 4.81. The lowest BCUT2D eigenvalue weighted by atomic mass is 9.93. The summed E-state index contributed by atoms with van der Waals surface area (Å²) < 4.78 is 22.8. The van der Waals surface area contributed by atoms with Gasteiger partial charge in [-0.1, -0.05) is 6.92 Å². The van der Waals surface area contributed by atoms with Gasteiger partial charge in [-0.05, 0) is 13.8 Å². The van der Waals surface area contributed by atoms with Crippen molar-refractivity contribution in [3.05, 3.63) is 0 Å². The fraction of sp³-hybridized carbons (Fsp3) is 0.778. The summed E-state index contributed by atoms with van der Waals surface area (Å²) in [7, 11) is -3.62. The summed E-state index contributed by atoms with van der Waals surface area (Å²) in [6.07, 6.45) is 0. The quantitative estimate of drug-likeness (QED) is 0.628. The van der Waals surface area contributed by atoms with Crippen LogP contribution >= 0.6 is 0 Å². The van der Waals surface area contributed by atoms with Crippen LogP contribution in [0, 0.1) is 5.92 Å². The molecule has 0 aromatic carbocycles. The number of carboxylic acid groups (broad SMARTS) is 1. The predicted octanol–water partition coefficient (Wildman–Crippen LogP) is -0.549. The van der Waals surface area contributed by atoms with Crippen molar-refractivity contribution < 1.29 is 23.1 Å². The SMILES string of the molecule is C[C@@H]1C(=O)N2[C@@H](C(=O)O)C(C)(C)S(=O)(=O)[C@H]12. The zero-order chi connectivity index (χ0) is 12.5. The number of aliphatic carboxylic acids is 1. The summed E-state index contributed by atoms with van der Waals surface area (Å²) in [6, 6.07) is -1.27. The van der Waals surface area contributed by atoms with Crippen molar-refractivity contribution in [2.75, 3.05) is 0 Å². The number of nitrogens with zero attached hydrogens (tertiary/aromatic N) is 1. The van der Waals surface area contributed by atoms with Crippen LogP contribution < -0.4 is 0 Å². The van der Waals surface area contributed by atoms with Crippen molar-refractivity contribution in [2.24, 2.45) is 5.92 Å². The van der Waals surface area contributed by atoms with Gasteiger partial charge < -0.3 is 10.0 Å². The van der Waals surface area contributed by atoms with Crippen molar-refractivity contribution in [1.82, 2.24) is 4.90 Å². The molecule has 90 valence electrons. The van der Waals surface area contributed by atoms with Crippen molar-refractivity contribution in [3.8, 4) is 0 Å². The van der Waals surface area contributed by atoms with Crippen molar-refractivity contribution in [3.63, 3.8) is 0 Å². The van der Waals surface area contributed by atoms with Gasteiger partial charge in [0.2, 0.25) is 5.91 Å². The Kier molecular flexibility index (Phi) is 1.97. The third-order valence-corrected chi connectivity index (χ3v) is 6.53. The number of β-lactam (4-membered cyclic amide) rings is 1. The highest BCUT2D eigenvalue weighted by atomic mass is 32.2. The van der Waals surface area contributed by atoms with Gasteiger partial charge in [-0.15, -0.1) is 0 Å². The molecule has 2 heterocycles. The summed E-state index contributed by atoms with van der Waals surface area (Å²) in [5, 5.41) is 8.09. The Balaban J connectivity index is 2.60. The summed E-state index contributed by atoms with van der Waals surface area (Å²) >= 11 is 0. The summed E-state index contributed by atoms with van der Waals surface area (Å²) in [6.45, 7) is 4.24. The van der Waals surface area contributed by atoms with E-state index in [9.17, 15) is 18.0 Å². The minimum atomic E-state index is -3.62. The van der Waals surface area contributed by atoms with Gasteiger partial charge in [0.1, 0.15) is 11.4 Å². The Hall–Kier alpha value is -1.11. The minimum Gasteiger partial charge on any atom is -0.480 e. The Bertz CT molecular complexity index is 480. The number of sulfone groups is 1. The van der Waals surface area contributed by atoms with Gasteiger partial charge in [0.25, 0.3) is 0 Å². The van der Waals surface area contributed by atoms with E-state index in [4.69, 9.17) is 5.11 Å². The molecule has 0 saturated carbocycles. The second kappa shape index (κ2) is 2.77. The third kappa shape index (κ3) is 0.946. The number of fused-ring (bicyclic) bond motifs is 1. The van der Waals surface area contributed by atoms with Crippen molar-refractivity contribution >= 4 is 21.7 Å². The van der Waals surface area contributed by atoms with Gasteiger partial charge in [-0.2, -0.15) is 0 Å². The first-order chi connectivity index (χ1) is 7.14. The van der Waals surface area contributed by atoms with Crippen LogP contribution in [0.2, 0.25) is 0 Å². The Labute approximate surface area is 93.1 Å². The molecule has 1 amide bonds. The molecule has 0 aromatic heterocycles. The highest BCUT2D eigenvalue weighted by Crippen LogP contribution is 2.48. The first-order valence-corrected chi connectivity index (χ1v) is 6.47. The molecule has 0 unspecified atom stereocenters. The number of hydrogen-bond donors (Lipinski definition) is 1. The van der Waals surface area contributed by atoms with E-state index in [1.165, 1.54) is 20.8 Å². The number of hydrogen-bond acceptors (Lipinski definition) is 4. The number of carbonyl (C=O) groups excluding carboxylic acids is 1. The van der Waals surface area contributed by atoms with Crippen LogP contribution in [0.3, 0.4) is 0 Å². The Morgan fingerprint density at radius 1 is 1.44 bits per heavy atom. The van der Waals surface area contributed by atoms with Gasteiger partial charge in [0.15, 0.2) is 9.84 Å². The number of rotatable bonds is 1. The normalized spacial score (nSPS) is 39.1. The zero-order valence-electron chi connectivity index (χ0n) is 9.17. The molecule has 16 heavy (non-hydrogen) atoms. The molecule has 2 aliphatic rings. The molecule has 2 aliphatic heterocycles. The van der Waals surface area contributed by atoms with Crippen molar-refractivity contribution in [2.45, 2.75) is 36.9 Å². The first kappa shape index (κ1) is 11.4. The topological polar surface area (TPSA) is 91.8 Å². The van der Waals surface area contributed by atoms with Crippen LogP contribution in [-0.4, -0.2) is 46.5 Å². The fourth-order valence-electron chi connectivity index (χ4n) is 2.55. The maximum atomic E-state index is 12.1. The Morgan fingerprint density at radius 3 is 2.38 bits per heavy atom. The van der Waals surface area contributed by atoms with Gasteiger partial charge in [-0.3, -0.25) is 4.79 Å². The van der Waals surface area contributed by atoms with E-state index in [0.29, 0.717) is 0 Å². The average molecular weight is 247 g/mol. The molecule has 2 fully saturated rings. The summed E-state index contributed by atoms with van der Waals surface area (Å²) in [4.78, 5) is 23.6. The van der Waals surface area contributed by atoms with E-state index in [-0.39, 0.29) is 0 Å². The average Bonchev–Trinajstić information content (AvgIpc) is 2.28. The number of amides is 1. The molecule has 0 bridgehead atoms. The molecule has 2 saturated heterocycles. The molecule has 3 atom stereocenters. The monoisotopic (exact) mass is 247 g/mol. The molecule has 2 rings (SSSR count). The van der Waals surface area contributed by atoms with Gasteiger partial charge >= 0.3 is 5.97 Å². The molecular weight excluding hydrogens is 234 g/mol.